The van der Waals surface area contributed by atoms with Gasteiger partial charge in [-0.3, -0.25) is 4.79 Å². The van der Waals surface area contributed by atoms with E-state index in [0.717, 1.165) is 0 Å². The van der Waals surface area contributed by atoms with Crippen molar-refractivity contribution in [2.75, 3.05) is 6.54 Å². The smallest absolute Gasteiger partial charge is 0.332 e. The Morgan fingerprint density at radius 1 is 1.50 bits per heavy atom. The summed E-state index contributed by atoms with van der Waals surface area (Å²) in [4.78, 5) is 22.9. The number of ether oxygens (including phenoxy) is 1. The largest absolute Gasteiger partial charge is 0.479 e. The molecule has 1 aliphatic rings. The molecular formula is C11H12ClNO4S. The fourth-order valence-corrected chi connectivity index (χ4v) is 2.73. The van der Waals surface area contributed by atoms with E-state index in [1.54, 1.807) is 12.1 Å². The number of amides is 1. The molecule has 98 valence electrons. The minimum atomic E-state index is -0.950. The number of carbonyl (C=O) groups excluding carboxylic acids is 1. The number of carbonyl (C=O) groups is 2. The minimum absolute atomic E-state index is 0.214. The van der Waals surface area contributed by atoms with Crippen LogP contribution >= 0.6 is 22.9 Å². The second kappa shape index (κ2) is 5.69. The summed E-state index contributed by atoms with van der Waals surface area (Å²) in [6, 6.07) is 3.31. The van der Waals surface area contributed by atoms with E-state index in [1.807, 2.05) is 0 Å². The van der Waals surface area contributed by atoms with Crippen LogP contribution in [0.25, 0.3) is 0 Å². The van der Waals surface area contributed by atoms with Crippen molar-refractivity contribution in [1.82, 2.24) is 5.32 Å². The second-order valence-corrected chi connectivity index (χ2v) is 5.69. The van der Waals surface area contributed by atoms with E-state index < -0.39 is 12.1 Å². The van der Waals surface area contributed by atoms with E-state index in [4.69, 9.17) is 21.4 Å². The van der Waals surface area contributed by atoms with Crippen LogP contribution in [0, 0.1) is 0 Å². The molecule has 7 heteroatoms. The third-order valence-electron chi connectivity index (χ3n) is 2.67. The predicted molar refractivity (Wildman–Crippen MR) is 67.2 cm³/mol. The highest BCUT2D eigenvalue weighted by molar-refractivity contribution is 7.17. The maximum atomic E-state index is 11.7. The molecule has 0 saturated carbocycles. The highest BCUT2D eigenvalue weighted by atomic mass is 35.5. The van der Waals surface area contributed by atoms with E-state index in [1.165, 1.54) is 11.3 Å². The summed E-state index contributed by atoms with van der Waals surface area (Å²) in [5.74, 6) is -1.16. The van der Waals surface area contributed by atoms with E-state index in [9.17, 15) is 9.59 Å². The fraction of sp³-hybridized carbons (Fsp3) is 0.455. The molecule has 0 aromatic carbocycles. The summed E-state index contributed by atoms with van der Waals surface area (Å²) in [6.45, 7) is 0.318. The van der Waals surface area contributed by atoms with Gasteiger partial charge in [-0.2, -0.15) is 0 Å². The van der Waals surface area contributed by atoms with Crippen LogP contribution in [0.2, 0.25) is 4.34 Å². The van der Waals surface area contributed by atoms with Gasteiger partial charge in [0.15, 0.2) is 6.10 Å². The number of rotatable bonds is 4. The van der Waals surface area contributed by atoms with Crippen LogP contribution in [0.1, 0.15) is 22.5 Å². The minimum Gasteiger partial charge on any atom is -0.479 e. The number of thiophene rings is 1. The van der Waals surface area contributed by atoms with Crippen LogP contribution in [0.4, 0.5) is 0 Å². The van der Waals surface area contributed by atoms with Gasteiger partial charge in [0.2, 0.25) is 0 Å². The molecule has 1 amide bonds. The highest BCUT2D eigenvalue weighted by Gasteiger charge is 2.30. The topological polar surface area (TPSA) is 75.6 Å². The first kappa shape index (κ1) is 13.3. The van der Waals surface area contributed by atoms with Crippen LogP contribution < -0.4 is 5.32 Å². The number of aliphatic carboxylic acids is 1. The molecule has 2 rings (SSSR count). The molecule has 2 N–H and O–H groups in total. The number of nitrogens with one attached hydrogen (secondary N) is 1. The lowest BCUT2D eigenvalue weighted by molar-refractivity contribution is -0.149. The molecule has 1 saturated heterocycles. The zero-order chi connectivity index (χ0) is 13.1. The first-order valence-electron chi connectivity index (χ1n) is 5.48. The Labute approximate surface area is 113 Å². The van der Waals surface area contributed by atoms with Crippen LogP contribution in [0.3, 0.4) is 0 Å². The maximum absolute atomic E-state index is 11.7. The quantitative estimate of drug-likeness (QED) is 0.886. The van der Waals surface area contributed by atoms with Crippen molar-refractivity contribution in [2.45, 2.75) is 25.0 Å². The fourth-order valence-electron chi connectivity index (χ4n) is 1.77. The van der Waals surface area contributed by atoms with Gasteiger partial charge in [0.05, 0.1) is 15.3 Å². The summed E-state index contributed by atoms with van der Waals surface area (Å²) >= 11 is 6.94. The molecule has 1 aromatic rings. The lowest BCUT2D eigenvalue weighted by Gasteiger charge is -2.11. The molecule has 2 unspecified atom stereocenters. The molecule has 5 nitrogen and oxygen atoms in total. The van der Waals surface area contributed by atoms with Gasteiger partial charge in [-0.1, -0.05) is 11.6 Å². The van der Waals surface area contributed by atoms with E-state index in [0.29, 0.717) is 28.6 Å². The van der Waals surface area contributed by atoms with Crippen molar-refractivity contribution >= 4 is 34.8 Å². The normalized spacial score (nSPS) is 22.9. The zero-order valence-electron chi connectivity index (χ0n) is 9.39. The Morgan fingerprint density at radius 2 is 2.28 bits per heavy atom. The van der Waals surface area contributed by atoms with Crippen molar-refractivity contribution < 1.29 is 19.4 Å². The molecule has 0 aliphatic carbocycles. The Morgan fingerprint density at radius 3 is 2.83 bits per heavy atom. The second-order valence-electron chi connectivity index (χ2n) is 3.98. The van der Waals surface area contributed by atoms with E-state index in [-0.39, 0.29) is 12.0 Å². The summed E-state index contributed by atoms with van der Waals surface area (Å²) in [5, 5.41) is 11.5. The third-order valence-corrected chi connectivity index (χ3v) is 3.90. The number of carboxylic acid groups (broad SMARTS) is 1. The van der Waals surface area contributed by atoms with Gasteiger partial charge >= 0.3 is 5.97 Å². The summed E-state index contributed by atoms with van der Waals surface area (Å²) in [6.07, 6.45) is 0.150. The van der Waals surface area contributed by atoms with Gasteiger partial charge in [0.1, 0.15) is 0 Å². The van der Waals surface area contributed by atoms with Gasteiger partial charge < -0.3 is 15.2 Å². The predicted octanol–water partition coefficient (Wildman–Crippen LogP) is 1.76. The van der Waals surface area contributed by atoms with Crippen LogP contribution in [-0.4, -0.2) is 35.7 Å². The van der Waals surface area contributed by atoms with Gasteiger partial charge in [-0.25, -0.2) is 4.79 Å². The molecule has 2 heterocycles. The van der Waals surface area contributed by atoms with Crippen LogP contribution in [-0.2, 0) is 9.53 Å². The summed E-state index contributed by atoms with van der Waals surface area (Å²) < 4.78 is 5.84. The molecular weight excluding hydrogens is 278 g/mol. The van der Waals surface area contributed by atoms with Crippen LogP contribution in [0.15, 0.2) is 12.1 Å². The Balaban J connectivity index is 1.79. The molecule has 1 aliphatic heterocycles. The zero-order valence-corrected chi connectivity index (χ0v) is 11.0. The van der Waals surface area contributed by atoms with Gasteiger partial charge in [-0.05, 0) is 25.0 Å². The van der Waals surface area contributed by atoms with Crippen molar-refractivity contribution in [3.63, 3.8) is 0 Å². The third kappa shape index (κ3) is 3.22. The van der Waals surface area contributed by atoms with Gasteiger partial charge in [-0.15, -0.1) is 11.3 Å². The van der Waals surface area contributed by atoms with Crippen LogP contribution in [0.5, 0.6) is 0 Å². The highest BCUT2D eigenvalue weighted by Crippen LogP contribution is 2.22. The molecule has 1 aromatic heterocycles. The first-order valence-corrected chi connectivity index (χ1v) is 6.67. The molecule has 1 fully saturated rings. The molecule has 0 spiro atoms. The molecule has 18 heavy (non-hydrogen) atoms. The maximum Gasteiger partial charge on any atom is 0.332 e. The number of halogens is 1. The molecule has 0 bridgehead atoms. The summed E-state index contributed by atoms with van der Waals surface area (Å²) in [5.41, 5.74) is 0. The number of hydrogen-bond acceptors (Lipinski definition) is 4. The lowest BCUT2D eigenvalue weighted by Crippen LogP contribution is -2.32. The van der Waals surface area contributed by atoms with Crippen molar-refractivity contribution in [2.24, 2.45) is 0 Å². The lowest BCUT2D eigenvalue weighted by atomic mass is 10.2. The average molecular weight is 290 g/mol. The Hall–Kier alpha value is -1.11. The SMILES string of the molecule is O=C(NCC1CCC(C(=O)O)O1)c1ccc(Cl)s1. The van der Waals surface area contributed by atoms with Gasteiger partial charge in [0.25, 0.3) is 5.91 Å². The molecule has 2 atom stereocenters. The van der Waals surface area contributed by atoms with Gasteiger partial charge in [0, 0.05) is 6.54 Å². The Kier molecular flexibility index (Phi) is 4.21. The average Bonchev–Trinajstić information content (AvgIpc) is 2.94. The Bertz CT molecular complexity index is 462. The number of hydrogen-bond donors (Lipinski definition) is 2. The van der Waals surface area contributed by atoms with Crippen molar-refractivity contribution in [1.29, 1.82) is 0 Å². The van der Waals surface area contributed by atoms with E-state index in [2.05, 4.69) is 5.32 Å². The monoisotopic (exact) mass is 289 g/mol. The standard InChI is InChI=1S/C11H12ClNO4S/c12-9-4-3-8(18-9)10(14)13-5-6-1-2-7(17-6)11(15)16/h3-4,6-7H,1-2,5H2,(H,13,14)(H,15,16). The van der Waals surface area contributed by atoms with E-state index >= 15 is 0 Å². The molecule has 0 radical (unpaired) electrons. The number of carboxylic acids is 1. The summed E-state index contributed by atoms with van der Waals surface area (Å²) in [7, 11) is 0. The van der Waals surface area contributed by atoms with Crippen molar-refractivity contribution in [3.05, 3.63) is 21.3 Å². The first-order chi connectivity index (χ1) is 8.56. The van der Waals surface area contributed by atoms with Crippen molar-refractivity contribution in [3.8, 4) is 0 Å².